The maximum absolute atomic E-state index is 6.79. The van der Waals surface area contributed by atoms with Gasteiger partial charge in [-0.05, 0) is 64.0 Å². The lowest BCUT2D eigenvalue weighted by molar-refractivity contribution is 0.673. The largest absolute Gasteiger partial charge is 0.455 e. The Hall–Kier alpha value is -6.95. The van der Waals surface area contributed by atoms with Gasteiger partial charge in [-0.15, -0.1) is 11.3 Å². The maximum atomic E-state index is 6.79. The van der Waals surface area contributed by atoms with Crippen molar-refractivity contribution in [3.8, 4) is 56.4 Å². The normalized spacial score (nSPS) is 11.7. The number of aromatic nitrogens is 3. The van der Waals surface area contributed by atoms with E-state index < -0.39 is 0 Å². The highest BCUT2D eigenvalue weighted by Gasteiger charge is 2.22. The average Bonchev–Trinajstić information content (AvgIpc) is 3.82. The molecular weight excluding hydrogens is 679 g/mol. The molecule has 0 saturated heterocycles. The molecule has 11 aromatic rings. The molecule has 0 N–H and O–H groups in total. The minimum absolute atomic E-state index is 0.598. The van der Waals surface area contributed by atoms with E-state index in [0.29, 0.717) is 17.5 Å². The summed E-state index contributed by atoms with van der Waals surface area (Å²) < 4.78 is 9.29. The zero-order chi connectivity index (χ0) is 35.6. The summed E-state index contributed by atoms with van der Waals surface area (Å²) in [6.45, 7) is 0. The van der Waals surface area contributed by atoms with E-state index in [1.807, 2.05) is 24.3 Å². The van der Waals surface area contributed by atoms with Gasteiger partial charge in [-0.1, -0.05) is 140 Å². The number of rotatable bonds is 5. The van der Waals surface area contributed by atoms with Crippen molar-refractivity contribution in [2.24, 2.45) is 0 Å². The molecule has 0 spiro atoms. The molecule has 0 aliphatic carbocycles. The van der Waals surface area contributed by atoms with Crippen LogP contribution in [0.3, 0.4) is 0 Å². The molecular formula is C49H29N3OS. The van der Waals surface area contributed by atoms with Crippen molar-refractivity contribution in [2.75, 3.05) is 0 Å². The molecule has 8 aromatic carbocycles. The Balaban J connectivity index is 1.18. The van der Waals surface area contributed by atoms with E-state index in [9.17, 15) is 0 Å². The van der Waals surface area contributed by atoms with Gasteiger partial charge >= 0.3 is 0 Å². The van der Waals surface area contributed by atoms with E-state index >= 15 is 0 Å². The molecule has 0 amide bonds. The molecule has 11 rings (SSSR count). The minimum Gasteiger partial charge on any atom is -0.455 e. The van der Waals surface area contributed by atoms with E-state index in [1.165, 1.54) is 20.2 Å². The van der Waals surface area contributed by atoms with Crippen LogP contribution >= 0.6 is 11.3 Å². The number of thiophene rings is 1. The Kier molecular flexibility index (Phi) is 7.00. The smallest absolute Gasteiger partial charge is 0.164 e. The second kappa shape index (κ2) is 12.3. The summed E-state index contributed by atoms with van der Waals surface area (Å²) in [7, 11) is 0. The van der Waals surface area contributed by atoms with Gasteiger partial charge in [0.25, 0.3) is 0 Å². The SMILES string of the molecule is c1ccc(-c2ccc(-c3nc(-c4ccc5sc6ccccc6c5c4)nc(-c4cc5cccc(-c6ccccc6)c5c5oc6ccccc6c45)n3)cc2)cc1. The van der Waals surface area contributed by atoms with Gasteiger partial charge in [0.1, 0.15) is 11.2 Å². The predicted molar refractivity (Wildman–Crippen MR) is 225 cm³/mol. The van der Waals surface area contributed by atoms with Crippen molar-refractivity contribution in [3.63, 3.8) is 0 Å². The standard InChI is InChI=1S/C49H29N3OS/c1-3-12-30(13-4-1)31-22-24-33(25-23-31)47-50-48(35-26-27-43-39(29-35)37-17-8-10-21-42(37)54-43)52-49(51-47)40-28-34-16-11-19-36(32-14-5-2-6-15-32)44(34)46-45(40)38-18-7-9-20-41(38)53-46/h1-29H. The van der Waals surface area contributed by atoms with Crippen molar-refractivity contribution in [2.45, 2.75) is 0 Å². The fourth-order valence-corrected chi connectivity index (χ4v) is 8.84. The van der Waals surface area contributed by atoms with Crippen LogP contribution in [0.4, 0.5) is 0 Å². The quantitative estimate of drug-likeness (QED) is 0.179. The third-order valence-corrected chi connectivity index (χ3v) is 11.5. The van der Waals surface area contributed by atoms with Crippen molar-refractivity contribution in [1.29, 1.82) is 0 Å². The maximum Gasteiger partial charge on any atom is 0.164 e. The number of hydrogen-bond donors (Lipinski definition) is 0. The summed E-state index contributed by atoms with van der Waals surface area (Å²) in [5.41, 5.74) is 8.97. The number of benzene rings is 8. The van der Waals surface area contributed by atoms with Crippen molar-refractivity contribution >= 4 is 64.2 Å². The Morgan fingerprint density at radius 1 is 0.370 bits per heavy atom. The fraction of sp³-hybridized carbons (Fsp3) is 0. The van der Waals surface area contributed by atoms with Crippen LogP contribution in [0.5, 0.6) is 0 Å². The van der Waals surface area contributed by atoms with Gasteiger partial charge in [0.05, 0.1) is 0 Å². The van der Waals surface area contributed by atoms with Gasteiger partial charge in [0.2, 0.25) is 0 Å². The molecule has 4 nitrogen and oxygen atoms in total. The molecule has 0 aliphatic rings. The fourth-order valence-electron chi connectivity index (χ4n) is 7.76. The topological polar surface area (TPSA) is 51.8 Å². The monoisotopic (exact) mass is 707 g/mol. The van der Waals surface area contributed by atoms with Gasteiger partial charge in [-0.3, -0.25) is 0 Å². The van der Waals surface area contributed by atoms with Gasteiger partial charge in [-0.2, -0.15) is 0 Å². The van der Waals surface area contributed by atoms with Crippen LogP contribution in [0.1, 0.15) is 0 Å². The molecule has 0 radical (unpaired) electrons. The minimum atomic E-state index is 0.598. The first-order chi connectivity index (χ1) is 26.7. The molecule has 252 valence electrons. The highest BCUT2D eigenvalue weighted by atomic mass is 32.1. The van der Waals surface area contributed by atoms with Gasteiger partial charge in [-0.25, -0.2) is 15.0 Å². The third kappa shape index (κ3) is 5.01. The van der Waals surface area contributed by atoms with Gasteiger partial charge in [0.15, 0.2) is 17.5 Å². The number of para-hydroxylation sites is 1. The predicted octanol–water partition coefficient (Wildman–Crippen LogP) is 13.6. The lowest BCUT2D eigenvalue weighted by Gasteiger charge is -2.13. The molecule has 5 heteroatoms. The highest BCUT2D eigenvalue weighted by Crippen LogP contribution is 2.44. The van der Waals surface area contributed by atoms with E-state index in [2.05, 4.69) is 152 Å². The summed E-state index contributed by atoms with van der Waals surface area (Å²) in [4.78, 5) is 15.7. The summed E-state index contributed by atoms with van der Waals surface area (Å²) in [6, 6.07) is 61.5. The first kappa shape index (κ1) is 30.7. The van der Waals surface area contributed by atoms with E-state index in [1.54, 1.807) is 11.3 Å². The lowest BCUT2D eigenvalue weighted by atomic mass is 9.93. The summed E-state index contributed by atoms with van der Waals surface area (Å²) >= 11 is 1.81. The van der Waals surface area contributed by atoms with E-state index in [4.69, 9.17) is 19.4 Å². The van der Waals surface area contributed by atoms with Crippen LogP contribution in [-0.2, 0) is 0 Å². The Morgan fingerprint density at radius 2 is 0.981 bits per heavy atom. The molecule has 0 saturated carbocycles. The highest BCUT2D eigenvalue weighted by molar-refractivity contribution is 7.25. The molecule has 54 heavy (non-hydrogen) atoms. The zero-order valence-corrected chi connectivity index (χ0v) is 29.7. The molecule has 0 fully saturated rings. The van der Waals surface area contributed by atoms with E-state index in [0.717, 1.165) is 71.7 Å². The summed E-state index contributed by atoms with van der Waals surface area (Å²) in [6.07, 6.45) is 0. The first-order valence-corrected chi connectivity index (χ1v) is 18.8. The number of nitrogens with zero attached hydrogens (tertiary/aromatic N) is 3. The second-order valence-corrected chi connectivity index (χ2v) is 14.6. The third-order valence-electron chi connectivity index (χ3n) is 10.3. The Morgan fingerprint density at radius 3 is 1.80 bits per heavy atom. The van der Waals surface area contributed by atoms with Gasteiger partial charge in [0, 0.05) is 53.0 Å². The molecule has 0 unspecified atom stereocenters. The second-order valence-electron chi connectivity index (χ2n) is 13.6. The van der Waals surface area contributed by atoms with Crippen LogP contribution < -0.4 is 0 Å². The van der Waals surface area contributed by atoms with Crippen molar-refractivity contribution in [1.82, 2.24) is 15.0 Å². The molecule has 0 aliphatic heterocycles. The summed E-state index contributed by atoms with van der Waals surface area (Å²) in [5.74, 6) is 1.84. The summed E-state index contributed by atoms with van der Waals surface area (Å²) in [5, 5.41) is 6.57. The first-order valence-electron chi connectivity index (χ1n) is 18.0. The van der Waals surface area contributed by atoms with E-state index in [-0.39, 0.29) is 0 Å². The number of furan rings is 1. The van der Waals surface area contributed by atoms with Gasteiger partial charge < -0.3 is 4.42 Å². The molecule has 0 bridgehead atoms. The van der Waals surface area contributed by atoms with Crippen LogP contribution in [0.2, 0.25) is 0 Å². The molecule has 3 heterocycles. The molecule has 3 aromatic heterocycles. The van der Waals surface area contributed by atoms with Crippen LogP contribution in [-0.4, -0.2) is 15.0 Å². The lowest BCUT2D eigenvalue weighted by Crippen LogP contribution is -2.01. The van der Waals surface area contributed by atoms with Crippen molar-refractivity contribution < 1.29 is 4.42 Å². The Bertz CT molecular complexity index is 3200. The van der Waals surface area contributed by atoms with Crippen LogP contribution in [0, 0.1) is 0 Å². The van der Waals surface area contributed by atoms with Crippen LogP contribution in [0.15, 0.2) is 180 Å². The number of hydrogen-bond acceptors (Lipinski definition) is 5. The molecule has 0 atom stereocenters. The van der Waals surface area contributed by atoms with Crippen molar-refractivity contribution in [3.05, 3.63) is 176 Å². The Labute approximate surface area is 314 Å². The van der Waals surface area contributed by atoms with Crippen LogP contribution in [0.25, 0.3) is 109 Å². The number of fused-ring (bicyclic) bond motifs is 8. The average molecular weight is 708 g/mol. The zero-order valence-electron chi connectivity index (χ0n) is 28.9.